The van der Waals surface area contributed by atoms with Crippen molar-refractivity contribution in [2.75, 3.05) is 35.3 Å². The minimum Gasteiger partial charge on any atom is -0.497 e. The molecular weight excluding hydrogens is 422 g/mol. The molecule has 32 heavy (non-hydrogen) atoms. The van der Waals surface area contributed by atoms with Gasteiger partial charge < -0.3 is 15.0 Å². The third kappa shape index (κ3) is 3.99. The topological polar surface area (TPSA) is 61.9 Å². The molecule has 0 unspecified atom stereocenters. The van der Waals surface area contributed by atoms with Gasteiger partial charge >= 0.3 is 0 Å². The maximum atomic E-state index is 13.4. The van der Waals surface area contributed by atoms with Crippen molar-refractivity contribution in [2.45, 2.75) is 13.8 Å². The van der Waals surface area contributed by atoms with Crippen LogP contribution in [0, 0.1) is 0 Å². The predicted octanol–water partition coefficient (Wildman–Crippen LogP) is 5.00. The maximum absolute atomic E-state index is 13.4. The Hall–Kier alpha value is -3.58. The summed E-state index contributed by atoms with van der Waals surface area (Å²) in [4.78, 5) is 31.0. The van der Waals surface area contributed by atoms with E-state index in [1.807, 2.05) is 41.8 Å². The number of amides is 2. The first-order chi connectivity index (χ1) is 15.6. The monoisotopic (exact) mass is 447 g/mol. The average Bonchev–Trinajstić information content (AvgIpc) is 3.42. The number of carbonyl (C=O) groups is 2. The highest BCUT2D eigenvalue weighted by Gasteiger charge is 2.40. The van der Waals surface area contributed by atoms with E-state index in [-0.39, 0.29) is 17.5 Å². The van der Waals surface area contributed by atoms with Crippen LogP contribution in [0.5, 0.6) is 5.75 Å². The molecule has 1 aliphatic rings. The summed E-state index contributed by atoms with van der Waals surface area (Å²) in [5, 5.41) is 5.11. The standard InChI is InChI=1S/C25H25N3O3S/c1-4-27(5-2)18-10-8-17(9-11-18)26-23-22(21-7-6-16-32-21)24(29)28(25(23)30)19-12-14-20(31-3)15-13-19/h6-16,26H,4-5H2,1-3H3. The van der Waals surface area contributed by atoms with Crippen molar-refractivity contribution in [1.29, 1.82) is 0 Å². The zero-order valence-electron chi connectivity index (χ0n) is 18.3. The molecule has 0 aliphatic carbocycles. The van der Waals surface area contributed by atoms with Gasteiger partial charge in [0.15, 0.2) is 0 Å². The molecule has 0 radical (unpaired) electrons. The van der Waals surface area contributed by atoms with E-state index >= 15 is 0 Å². The summed E-state index contributed by atoms with van der Waals surface area (Å²) in [6.45, 7) is 6.07. The van der Waals surface area contributed by atoms with Gasteiger partial charge in [-0.1, -0.05) is 6.07 Å². The van der Waals surface area contributed by atoms with Gasteiger partial charge in [-0.3, -0.25) is 9.59 Å². The van der Waals surface area contributed by atoms with E-state index < -0.39 is 0 Å². The second kappa shape index (κ2) is 9.28. The van der Waals surface area contributed by atoms with Gasteiger partial charge in [0.1, 0.15) is 11.4 Å². The molecule has 0 spiro atoms. The summed E-state index contributed by atoms with van der Waals surface area (Å²) in [6.07, 6.45) is 0. The summed E-state index contributed by atoms with van der Waals surface area (Å²) >= 11 is 1.43. The number of thiophene rings is 1. The van der Waals surface area contributed by atoms with Crippen LogP contribution in [0.1, 0.15) is 18.7 Å². The number of hydrogen-bond acceptors (Lipinski definition) is 6. The minimum absolute atomic E-state index is 0.281. The number of methoxy groups -OCH3 is 1. The molecule has 0 atom stereocenters. The van der Waals surface area contributed by atoms with Gasteiger partial charge in [0.25, 0.3) is 11.8 Å². The molecule has 0 bridgehead atoms. The number of nitrogens with zero attached hydrogens (tertiary/aromatic N) is 2. The summed E-state index contributed by atoms with van der Waals surface area (Å²) in [7, 11) is 1.57. The Bertz CT molecular complexity index is 1130. The second-order valence-electron chi connectivity index (χ2n) is 7.22. The van der Waals surface area contributed by atoms with E-state index in [1.165, 1.54) is 16.2 Å². The van der Waals surface area contributed by atoms with Gasteiger partial charge in [-0.05, 0) is 73.8 Å². The molecule has 3 aromatic rings. The summed E-state index contributed by atoms with van der Waals surface area (Å²) in [5.41, 5.74) is 3.03. The lowest BCUT2D eigenvalue weighted by Gasteiger charge is -2.21. The molecule has 1 aliphatic heterocycles. The largest absolute Gasteiger partial charge is 0.497 e. The fourth-order valence-electron chi connectivity index (χ4n) is 3.75. The molecule has 1 aromatic heterocycles. The number of rotatable bonds is 8. The van der Waals surface area contributed by atoms with Gasteiger partial charge in [0.05, 0.1) is 18.4 Å². The van der Waals surface area contributed by atoms with Crippen molar-refractivity contribution < 1.29 is 14.3 Å². The molecule has 1 N–H and O–H groups in total. The Morgan fingerprint density at radius 2 is 1.62 bits per heavy atom. The third-order valence-electron chi connectivity index (χ3n) is 5.45. The summed E-state index contributed by atoms with van der Waals surface area (Å²) < 4.78 is 5.20. The van der Waals surface area contributed by atoms with E-state index in [9.17, 15) is 9.59 Å². The number of imide groups is 1. The molecule has 7 heteroatoms. The number of hydrogen-bond donors (Lipinski definition) is 1. The lowest BCUT2D eigenvalue weighted by atomic mass is 10.1. The molecule has 0 fully saturated rings. The lowest BCUT2D eigenvalue weighted by Crippen LogP contribution is -2.32. The molecule has 4 rings (SSSR count). The van der Waals surface area contributed by atoms with Crippen LogP contribution in [-0.2, 0) is 9.59 Å². The fourth-order valence-corrected chi connectivity index (χ4v) is 4.52. The van der Waals surface area contributed by atoms with Gasteiger partial charge in [0.2, 0.25) is 0 Å². The smallest absolute Gasteiger partial charge is 0.282 e. The van der Waals surface area contributed by atoms with Crippen molar-refractivity contribution in [3.05, 3.63) is 76.6 Å². The quantitative estimate of drug-likeness (QED) is 0.493. The predicted molar refractivity (Wildman–Crippen MR) is 130 cm³/mol. The Balaban J connectivity index is 1.68. The van der Waals surface area contributed by atoms with Gasteiger partial charge in [-0.15, -0.1) is 11.3 Å². The van der Waals surface area contributed by atoms with E-state index in [1.54, 1.807) is 31.4 Å². The molecule has 2 heterocycles. The highest BCUT2D eigenvalue weighted by atomic mass is 32.1. The molecule has 2 amide bonds. The fraction of sp³-hybridized carbons (Fsp3) is 0.200. The first-order valence-corrected chi connectivity index (χ1v) is 11.4. The van der Waals surface area contributed by atoms with Crippen molar-refractivity contribution in [2.24, 2.45) is 0 Å². The second-order valence-corrected chi connectivity index (χ2v) is 8.16. The molecule has 0 saturated heterocycles. The van der Waals surface area contributed by atoms with Crippen molar-refractivity contribution in [1.82, 2.24) is 0 Å². The minimum atomic E-state index is -0.378. The van der Waals surface area contributed by atoms with Gasteiger partial charge in [0, 0.05) is 29.3 Å². The highest BCUT2D eigenvalue weighted by Crippen LogP contribution is 2.36. The summed E-state index contributed by atoms with van der Waals surface area (Å²) in [5.74, 6) is -0.0628. The van der Waals surface area contributed by atoms with Crippen LogP contribution < -0.4 is 19.9 Å². The van der Waals surface area contributed by atoms with Crippen LogP contribution in [-0.4, -0.2) is 32.0 Å². The highest BCUT2D eigenvalue weighted by molar-refractivity contribution is 7.11. The number of anilines is 3. The van der Waals surface area contributed by atoms with Crippen molar-refractivity contribution >= 4 is 45.8 Å². The zero-order chi connectivity index (χ0) is 22.7. The van der Waals surface area contributed by atoms with Crippen LogP contribution in [0.2, 0.25) is 0 Å². The molecule has 0 saturated carbocycles. The van der Waals surface area contributed by atoms with Crippen molar-refractivity contribution in [3.8, 4) is 5.75 Å². The van der Waals surface area contributed by atoms with Crippen LogP contribution in [0.15, 0.2) is 71.7 Å². The SMILES string of the molecule is CCN(CC)c1ccc(NC2=C(c3cccs3)C(=O)N(c3ccc(OC)cc3)C2=O)cc1. The number of carbonyl (C=O) groups excluding carboxylic acids is 2. The number of nitrogens with one attached hydrogen (secondary N) is 1. The van der Waals surface area contributed by atoms with E-state index in [2.05, 4.69) is 24.1 Å². The number of ether oxygens (including phenoxy) is 1. The Kier molecular flexibility index (Phi) is 6.28. The van der Waals surface area contributed by atoms with Crippen LogP contribution in [0.3, 0.4) is 0 Å². The zero-order valence-corrected chi connectivity index (χ0v) is 19.1. The first-order valence-electron chi connectivity index (χ1n) is 10.5. The maximum Gasteiger partial charge on any atom is 0.282 e. The Morgan fingerprint density at radius 1 is 0.938 bits per heavy atom. The molecular formula is C25H25N3O3S. The third-order valence-corrected chi connectivity index (χ3v) is 6.33. The van der Waals surface area contributed by atoms with Crippen LogP contribution in [0.25, 0.3) is 5.57 Å². The van der Waals surface area contributed by atoms with E-state index in [4.69, 9.17) is 4.74 Å². The average molecular weight is 448 g/mol. The Labute approximate surface area is 191 Å². The molecule has 2 aromatic carbocycles. The normalized spacial score (nSPS) is 13.7. The lowest BCUT2D eigenvalue weighted by molar-refractivity contribution is -0.120. The Morgan fingerprint density at radius 3 is 2.19 bits per heavy atom. The number of benzene rings is 2. The molecule has 164 valence electrons. The van der Waals surface area contributed by atoms with Crippen LogP contribution in [0.4, 0.5) is 17.1 Å². The van der Waals surface area contributed by atoms with E-state index in [0.29, 0.717) is 17.0 Å². The molecule has 6 nitrogen and oxygen atoms in total. The van der Waals surface area contributed by atoms with Gasteiger partial charge in [-0.2, -0.15) is 0 Å². The van der Waals surface area contributed by atoms with Crippen molar-refractivity contribution in [3.63, 3.8) is 0 Å². The summed E-state index contributed by atoms with van der Waals surface area (Å²) in [6, 6.07) is 18.5. The first kappa shape index (κ1) is 21.6. The van der Waals surface area contributed by atoms with E-state index in [0.717, 1.165) is 29.3 Å². The van der Waals surface area contributed by atoms with Gasteiger partial charge in [-0.25, -0.2) is 4.90 Å². The van der Waals surface area contributed by atoms with Crippen LogP contribution >= 0.6 is 11.3 Å².